The van der Waals surface area contributed by atoms with E-state index in [4.69, 9.17) is 4.74 Å². The number of H-pyrrole nitrogens is 4. The molecular weight excluding hydrogens is 1090 g/mol. The van der Waals surface area contributed by atoms with Gasteiger partial charge in [-0.15, -0.1) is 0 Å². The Bertz CT molecular complexity index is 3840. The van der Waals surface area contributed by atoms with Gasteiger partial charge in [0.2, 0.25) is 23.6 Å². The van der Waals surface area contributed by atoms with E-state index in [-0.39, 0.29) is 36.0 Å². The molecule has 2 unspecified atom stereocenters. The minimum Gasteiger partial charge on any atom is -0.483 e. The molecule has 86 heavy (non-hydrogen) atoms. The van der Waals surface area contributed by atoms with Gasteiger partial charge in [0.15, 0.2) is 6.61 Å². The first-order valence-electron chi connectivity index (χ1n) is 28.9. The number of aromatic amines is 4. The van der Waals surface area contributed by atoms with Crippen molar-refractivity contribution < 1.29 is 28.7 Å². The fraction of sp³-hybridized carbons (Fsp3) is 0.271. The average Bonchev–Trinajstić information content (AvgIpc) is 2.25. The lowest BCUT2D eigenvalue weighted by molar-refractivity contribution is -0.123. The highest BCUT2D eigenvalue weighted by Gasteiger charge is 2.35. The van der Waals surface area contributed by atoms with Crippen LogP contribution in [0.4, 0.5) is 28.4 Å². The number of hydrogen-bond donors (Lipinski definition) is 10. The van der Waals surface area contributed by atoms with Crippen LogP contribution in [0.5, 0.6) is 5.75 Å². The first-order chi connectivity index (χ1) is 41.0. The number of carbonyl (C=O) groups is 5. The van der Waals surface area contributed by atoms with Crippen LogP contribution in [0, 0.1) is 16.2 Å². The number of benzene rings is 5. The highest BCUT2D eigenvalue weighted by molar-refractivity contribution is 7.79. The van der Waals surface area contributed by atoms with Crippen molar-refractivity contribution in [3.8, 4) is 5.75 Å². The molecule has 1 aliphatic heterocycles. The Morgan fingerprint density at radius 1 is 0.384 bits per heavy atom. The molecule has 10 rings (SSSR count). The smallest absolute Gasteiger partial charge is 0.262 e. The number of aromatic nitrogens is 4. The van der Waals surface area contributed by atoms with Gasteiger partial charge in [0.25, 0.3) is 5.91 Å². The van der Waals surface area contributed by atoms with Crippen molar-refractivity contribution in [2.24, 2.45) is 16.2 Å². The monoisotopic (exact) mass is 1170 g/mol. The predicted molar refractivity (Wildman–Crippen MR) is 345 cm³/mol. The molecule has 16 heteroatoms. The van der Waals surface area contributed by atoms with Gasteiger partial charge in [-0.25, -0.2) is 0 Å². The van der Waals surface area contributed by atoms with Crippen LogP contribution >= 0.6 is 12.6 Å². The topological polar surface area (TPSA) is 218 Å². The summed E-state index contributed by atoms with van der Waals surface area (Å²) in [4.78, 5) is 83.7. The van der Waals surface area contributed by atoms with Crippen LogP contribution in [0.2, 0.25) is 0 Å². The molecule has 5 aromatic carbocycles. The van der Waals surface area contributed by atoms with Crippen molar-refractivity contribution in [2.75, 3.05) is 33.2 Å². The van der Waals surface area contributed by atoms with Crippen LogP contribution in [0.3, 0.4) is 0 Å². The molecule has 8 bridgehead atoms. The molecule has 0 radical (unpaired) electrons. The van der Waals surface area contributed by atoms with Crippen molar-refractivity contribution in [1.29, 1.82) is 0 Å². The Morgan fingerprint density at radius 3 is 0.942 bits per heavy atom. The number of ether oxygens (including phenoxy) is 1. The lowest BCUT2D eigenvalue weighted by Gasteiger charge is -2.25. The number of carbonyl (C=O) groups excluding carboxylic acids is 5. The average molecular weight is 1170 g/mol. The van der Waals surface area contributed by atoms with Crippen LogP contribution in [-0.4, -0.2) is 56.1 Å². The molecule has 9 N–H and O–H groups in total. The van der Waals surface area contributed by atoms with E-state index >= 15 is 0 Å². The van der Waals surface area contributed by atoms with Gasteiger partial charge in [-0.1, -0.05) is 141 Å². The molecule has 15 nitrogen and oxygen atoms in total. The fourth-order valence-corrected chi connectivity index (χ4v) is 11.3. The molecule has 442 valence electrons. The highest BCUT2D eigenvalue weighted by Crippen LogP contribution is 2.45. The summed E-state index contributed by atoms with van der Waals surface area (Å²) in [6.45, 7) is 18.1. The van der Waals surface area contributed by atoms with E-state index in [0.717, 1.165) is 67.8 Å². The summed E-state index contributed by atoms with van der Waals surface area (Å²) >= 11 is 4.52. The Hall–Kier alpha value is -9.28. The van der Waals surface area contributed by atoms with E-state index < -0.39 is 45.8 Å². The lowest BCUT2D eigenvalue weighted by Crippen LogP contribution is -2.28. The first kappa shape index (κ1) is 59.9. The molecular formula is C70H75N9O6S. The van der Waals surface area contributed by atoms with E-state index in [9.17, 15) is 24.0 Å². The van der Waals surface area contributed by atoms with E-state index in [1.54, 1.807) is 18.2 Å². The highest BCUT2D eigenvalue weighted by atomic mass is 32.1. The number of nitrogens with one attached hydrogen (secondary N) is 9. The van der Waals surface area contributed by atoms with Gasteiger partial charge < -0.3 is 51.3 Å². The zero-order valence-corrected chi connectivity index (χ0v) is 51.1. The lowest BCUT2D eigenvalue weighted by atomic mass is 9.90. The summed E-state index contributed by atoms with van der Waals surface area (Å²) in [7, 11) is 0. The first-order valence-corrected chi connectivity index (χ1v) is 29.6. The molecule has 1 aliphatic rings. The van der Waals surface area contributed by atoms with E-state index in [1.165, 1.54) is 6.92 Å². The number of anilines is 5. The van der Waals surface area contributed by atoms with Crippen molar-refractivity contribution in [3.05, 3.63) is 237 Å². The number of para-hydroxylation sites is 4. The number of thiol groups is 1. The summed E-state index contributed by atoms with van der Waals surface area (Å²) in [6, 6.07) is 53.1. The van der Waals surface area contributed by atoms with Crippen LogP contribution in [0.25, 0.3) is 0 Å². The molecule has 5 amide bonds. The number of hydrogen-bond acceptors (Lipinski definition) is 7. The Labute approximate surface area is 507 Å². The largest absolute Gasteiger partial charge is 0.483 e. The van der Waals surface area contributed by atoms with Gasteiger partial charge in [-0.3, -0.25) is 24.0 Å². The third-order valence-corrected chi connectivity index (χ3v) is 15.8. The Morgan fingerprint density at radius 2 is 0.663 bits per heavy atom. The molecule has 0 aliphatic carbocycles. The summed E-state index contributed by atoms with van der Waals surface area (Å²) in [5, 5.41) is 15.8. The zero-order valence-electron chi connectivity index (χ0n) is 50.2. The fourth-order valence-electron chi connectivity index (χ4n) is 11.0. The van der Waals surface area contributed by atoms with Gasteiger partial charge in [-0.2, -0.15) is 12.6 Å². The van der Waals surface area contributed by atoms with Crippen LogP contribution in [0.15, 0.2) is 164 Å². The summed E-state index contributed by atoms with van der Waals surface area (Å²) in [6.07, 6.45) is 0. The quantitative estimate of drug-likeness (QED) is 0.0506. The van der Waals surface area contributed by atoms with Crippen LogP contribution in [-0.2, 0) is 29.7 Å². The van der Waals surface area contributed by atoms with Crippen molar-refractivity contribution >= 4 is 70.6 Å². The van der Waals surface area contributed by atoms with Gasteiger partial charge in [0.1, 0.15) is 5.75 Å². The molecule has 4 aromatic heterocycles. The minimum atomic E-state index is -0.697. The van der Waals surface area contributed by atoms with E-state index in [0.29, 0.717) is 39.7 Å². The molecule has 5 heterocycles. The number of rotatable bonds is 13. The predicted octanol–water partition coefficient (Wildman–Crippen LogP) is 14.4. The Kier molecular flexibility index (Phi) is 17.0. The van der Waals surface area contributed by atoms with Gasteiger partial charge in [-0.05, 0) is 107 Å². The maximum atomic E-state index is 14.2. The van der Waals surface area contributed by atoms with Crippen molar-refractivity contribution in [3.63, 3.8) is 0 Å². The number of amides is 5. The second kappa shape index (κ2) is 24.4. The Balaban J connectivity index is 1.18. The standard InChI is InChI=1S/C70H75N9O6S/c1-40(80)71-50-28-19-29-59(45(50)39-86)85-38-60(81)76-46-24-15-11-20-41(46)61-51-30-32-53(72-51)62(42-21-12-16-25-47(42)77-65(82)68(2,3)4)55-34-36-57(74-55)64(44-23-14-18-27-49(44)79-67(84)70(8,9)10)58-37-35-56(75-58)63(54-33-31-52(61)73-54)43-22-13-17-26-48(43)78-66(83)69(5,6)7/h11-37,61-64,72-75,86H,38-39H2,1-10H3,(H,71,80)(H,76,81)(H,77,82)(H,78,83)(H,79,84). The van der Waals surface area contributed by atoms with Gasteiger partial charge in [0, 0.05) is 108 Å². The maximum Gasteiger partial charge on any atom is 0.262 e. The van der Waals surface area contributed by atoms with E-state index in [1.807, 2.05) is 159 Å². The van der Waals surface area contributed by atoms with Crippen molar-refractivity contribution in [1.82, 2.24) is 19.9 Å². The summed E-state index contributed by atoms with van der Waals surface area (Å²) in [5.74, 6) is -2.47. The maximum absolute atomic E-state index is 14.2. The summed E-state index contributed by atoms with van der Waals surface area (Å²) < 4.78 is 6.15. The minimum absolute atomic E-state index is 0.131. The SMILES string of the molecule is CC(=O)Nc1cccc(OCC(=O)Nc2ccccc2C2c3ccc([nH]3)C(c3ccccc3NC(=O)C(C)(C)C)c3ccc([nH]3)C(c3ccccc3NC(=O)C(C)(C)C)c3ccc([nH]3)C(c3ccccc3NC(=O)C(C)(C)C)c3ccc2[nH]3)c1CS. The van der Waals surface area contributed by atoms with Gasteiger partial charge >= 0.3 is 0 Å². The summed E-state index contributed by atoms with van der Waals surface area (Å²) in [5.41, 5.74) is 11.4. The van der Waals surface area contributed by atoms with Crippen LogP contribution in [0.1, 0.15) is 166 Å². The molecule has 0 fully saturated rings. The molecule has 2 atom stereocenters. The number of fused-ring (bicyclic) bond motifs is 8. The molecule has 0 spiro atoms. The molecule has 0 saturated carbocycles. The third kappa shape index (κ3) is 12.9. The third-order valence-electron chi connectivity index (χ3n) is 15.5. The van der Waals surface area contributed by atoms with Crippen LogP contribution < -0.4 is 31.3 Å². The van der Waals surface area contributed by atoms with E-state index in [2.05, 4.69) is 108 Å². The van der Waals surface area contributed by atoms with Crippen molar-refractivity contribution in [2.45, 2.75) is 98.7 Å². The normalized spacial score (nSPS) is 15.9. The molecule has 9 aromatic rings. The zero-order chi connectivity index (χ0) is 61.2. The second-order valence-corrected chi connectivity index (χ2v) is 25.4. The molecule has 0 saturated heterocycles. The second-order valence-electron chi connectivity index (χ2n) is 25.1. The van der Waals surface area contributed by atoms with Gasteiger partial charge in [0.05, 0.1) is 23.7 Å².